The summed E-state index contributed by atoms with van der Waals surface area (Å²) < 4.78 is 5.14. The van der Waals surface area contributed by atoms with Crippen molar-refractivity contribution in [3.05, 3.63) is 0 Å². The first-order valence-electron chi connectivity index (χ1n) is 8.90. The van der Waals surface area contributed by atoms with E-state index < -0.39 is 23.8 Å². The molecule has 22 heavy (non-hydrogen) atoms. The van der Waals surface area contributed by atoms with Gasteiger partial charge in [-0.1, -0.05) is 78.6 Å². The van der Waals surface area contributed by atoms with Gasteiger partial charge in [0.15, 0.2) is 0 Å². The van der Waals surface area contributed by atoms with Crippen LogP contribution in [0.3, 0.4) is 0 Å². The Kier molecular flexibility index (Phi) is 12.9. The minimum Gasteiger partial charge on any atom is -0.481 e. The normalized spacial score (nSPS) is 13.6. The third-order valence-corrected chi connectivity index (χ3v) is 4.25. The quantitative estimate of drug-likeness (QED) is 0.369. The maximum atomic E-state index is 11.7. The van der Waals surface area contributed by atoms with E-state index in [1.807, 2.05) is 0 Å². The van der Waals surface area contributed by atoms with E-state index in [0.29, 0.717) is 6.61 Å². The van der Waals surface area contributed by atoms with Gasteiger partial charge in [-0.05, 0) is 6.42 Å². The molecule has 0 radical (unpaired) electrons. The van der Waals surface area contributed by atoms with Gasteiger partial charge in [-0.3, -0.25) is 9.59 Å². The Labute approximate surface area is 135 Å². The molecule has 2 atom stereocenters. The van der Waals surface area contributed by atoms with Crippen LogP contribution in [-0.2, 0) is 14.3 Å². The molecule has 0 fully saturated rings. The lowest BCUT2D eigenvalue weighted by Crippen LogP contribution is -2.27. The van der Waals surface area contributed by atoms with Gasteiger partial charge < -0.3 is 9.84 Å². The molecule has 0 aliphatic rings. The first kappa shape index (κ1) is 20.9. The molecule has 0 amide bonds. The van der Waals surface area contributed by atoms with Crippen molar-refractivity contribution in [3.63, 3.8) is 0 Å². The van der Waals surface area contributed by atoms with Gasteiger partial charge in [0.1, 0.15) is 0 Å². The summed E-state index contributed by atoms with van der Waals surface area (Å²) in [7, 11) is 0. The van der Waals surface area contributed by atoms with E-state index in [1.165, 1.54) is 58.3 Å². The predicted octanol–water partition coefficient (Wildman–Crippen LogP) is 4.81. The van der Waals surface area contributed by atoms with Crippen molar-refractivity contribution in [2.24, 2.45) is 11.8 Å². The van der Waals surface area contributed by atoms with Crippen LogP contribution in [0.2, 0.25) is 0 Å². The highest BCUT2D eigenvalue weighted by Gasteiger charge is 2.26. The van der Waals surface area contributed by atoms with Gasteiger partial charge in [0, 0.05) is 0 Å². The molecular formula is C18H34O4. The molecule has 130 valence electrons. The molecule has 0 spiro atoms. The van der Waals surface area contributed by atoms with Crippen LogP contribution < -0.4 is 0 Å². The topological polar surface area (TPSA) is 63.6 Å². The van der Waals surface area contributed by atoms with Crippen LogP contribution in [0.25, 0.3) is 0 Å². The average Bonchev–Trinajstić information content (AvgIpc) is 2.50. The van der Waals surface area contributed by atoms with E-state index in [4.69, 9.17) is 9.84 Å². The van der Waals surface area contributed by atoms with E-state index in [-0.39, 0.29) is 0 Å². The second-order valence-electron chi connectivity index (χ2n) is 6.27. The zero-order valence-electron chi connectivity index (χ0n) is 14.6. The third-order valence-electron chi connectivity index (χ3n) is 4.25. The van der Waals surface area contributed by atoms with Crippen molar-refractivity contribution in [1.82, 2.24) is 0 Å². The van der Waals surface area contributed by atoms with Crippen molar-refractivity contribution in [3.8, 4) is 0 Å². The molecule has 0 aliphatic carbocycles. The largest absolute Gasteiger partial charge is 0.481 e. The minimum absolute atomic E-state index is 0.397. The monoisotopic (exact) mass is 314 g/mol. The predicted molar refractivity (Wildman–Crippen MR) is 88.8 cm³/mol. The van der Waals surface area contributed by atoms with Crippen LogP contribution in [-0.4, -0.2) is 23.7 Å². The number of hydrogen-bond donors (Lipinski definition) is 1. The van der Waals surface area contributed by atoms with Crippen LogP contribution in [0.15, 0.2) is 0 Å². The van der Waals surface area contributed by atoms with Gasteiger partial charge in [-0.25, -0.2) is 0 Å². The second-order valence-corrected chi connectivity index (χ2v) is 6.27. The maximum absolute atomic E-state index is 11.7. The van der Waals surface area contributed by atoms with E-state index in [0.717, 1.165) is 12.8 Å². The molecule has 2 unspecified atom stereocenters. The smallest absolute Gasteiger partial charge is 0.309 e. The zero-order chi connectivity index (χ0) is 16.8. The molecule has 1 N–H and O–H groups in total. The van der Waals surface area contributed by atoms with Crippen LogP contribution >= 0.6 is 0 Å². The molecule has 4 nitrogen and oxygen atoms in total. The molecule has 0 aromatic heterocycles. The van der Waals surface area contributed by atoms with Crippen LogP contribution in [0.5, 0.6) is 0 Å². The molecule has 0 bridgehead atoms. The number of hydrogen-bond acceptors (Lipinski definition) is 3. The molecule has 0 heterocycles. The van der Waals surface area contributed by atoms with Gasteiger partial charge in [0.2, 0.25) is 0 Å². The van der Waals surface area contributed by atoms with Gasteiger partial charge in [0.25, 0.3) is 0 Å². The number of carbonyl (C=O) groups excluding carboxylic acids is 1. The van der Waals surface area contributed by atoms with Crippen molar-refractivity contribution in [2.75, 3.05) is 6.61 Å². The van der Waals surface area contributed by atoms with Crippen LogP contribution in [0.1, 0.15) is 85.0 Å². The molecule has 4 heteroatoms. The lowest BCUT2D eigenvalue weighted by atomic mass is 9.96. The van der Waals surface area contributed by atoms with Gasteiger partial charge in [0.05, 0.1) is 18.4 Å². The Morgan fingerprint density at radius 2 is 1.27 bits per heavy atom. The Morgan fingerprint density at radius 1 is 0.818 bits per heavy atom. The lowest BCUT2D eigenvalue weighted by molar-refractivity contribution is -0.156. The van der Waals surface area contributed by atoms with Crippen LogP contribution in [0.4, 0.5) is 0 Å². The average molecular weight is 314 g/mol. The number of rotatable bonds is 14. The Morgan fingerprint density at radius 3 is 1.73 bits per heavy atom. The molecular weight excluding hydrogens is 280 g/mol. The first-order valence-corrected chi connectivity index (χ1v) is 8.90. The number of carboxylic acid groups (broad SMARTS) is 1. The molecule has 0 rings (SSSR count). The Balaban J connectivity index is 3.42. The van der Waals surface area contributed by atoms with Gasteiger partial charge >= 0.3 is 11.9 Å². The van der Waals surface area contributed by atoms with Gasteiger partial charge in [-0.2, -0.15) is 0 Å². The number of esters is 1. The van der Waals surface area contributed by atoms with Crippen LogP contribution in [0, 0.1) is 11.8 Å². The third kappa shape index (κ3) is 10.6. The molecule has 0 aromatic carbocycles. The Hall–Kier alpha value is -1.06. The lowest BCUT2D eigenvalue weighted by Gasteiger charge is -2.14. The van der Waals surface area contributed by atoms with E-state index in [9.17, 15) is 9.59 Å². The zero-order valence-corrected chi connectivity index (χ0v) is 14.6. The number of carboxylic acids is 1. The fourth-order valence-electron chi connectivity index (χ4n) is 2.31. The summed E-state index contributed by atoms with van der Waals surface area (Å²) in [5.74, 6) is -2.63. The first-order chi connectivity index (χ1) is 10.5. The van der Waals surface area contributed by atoms with Crippen molar-refractivity contribution in [2.45, 2.75) is 85.0 Å². The van der Waals surface area contributed by atoms with Crippen molar-refractivity contribution in [1.29, 1.82) is 0 Å². The fraction of sp³-hybridized carbons (Fsp3) is 0.889. The summed E-state index contributed by atoms with van der Waals surface area (Å²) in [4.78, 5) is 22.5. The van der Waals surface area contributed by atoms with Gasteiger partial charge in [-0.15, -0.1) is 0 Å². The standard InChI is InChI=1S/C18H34O4/c1-4-5-6-7-8-9-10-11-12-13-14-22-18(21)16(3)15(2)17(19)20/h15-16H,4-14H2,1-3H3,(H,19,20). The highest BCUT2D eigenvalue weighted by molar-refractivity contribution is 5.80. The highest BCUT2D eigenvalue weighted by Crippen LogP contribution is 2.14. The van der Waals surface area contributed by atoms with Crippen molar-refractivity contribution < 1.29 is 19.4 Å². The maximum Gasteiger partial charge on any atom is 0.309 e. The fourth-order valence-corrected chi connectivity index (χ4v) is 2.31. The summed E-state index contributed by atoms with van der Waals surface area (Å²) in [6, 6.07) is 0. The summed E-state index contributed by atoms with van der Waals surface area (Å²) in [5, 5.41) is 8.85. The molecule has 0 saturated heterocycles. The molecule has 0 saturated carbocycles. The Bertz CT molecular complexity index is 301. The summed E-state index contributed by atoms with van der Waals surface area (Å²) in [6.07, 6.45) is 12.4. The summed E-state index contributed by atoms with van der Waals surface area (Å²) >= 11 is 0. The minimum atomic E-state index is -0.955. The van der Waals surface area contributed by atoms with E-state index in [1.54, 1.807) is 6.92 Å². The second kappa shape index (κ2) is 13.6. The summed E-state index contributed by atoms with van der Waals surface area (Å²) in [6.45, 7) is 5.79. The number of unbranched alkanes of at least 4 members (excludes halogenated alkanes) is 9. The number of aliphatic carboxylic acids is 1. The number of carbonyl (C=O) groups is 2. The van der Waals surface area contributed by atoms with E-state index >= 15 is 0 Å². The van der Waals surface area contributed by atoms with Crippen molar-refractivity contribution >= 4 is 11.9 Å². The summed E-state index contributed by atoms with van der Waals surface area (Å²) in [5.41, 5.74) is 0. The molecule has 0 aliphatic heterocycles. The molecule has 0 aromatic rings. The SMILES string of the molecule is CCCCCCCCCCCCOC(=O)C(C)C(C)C(=O)O. The number of ether oxygens (including phenoxy) is 1. The highest BCUT2D eigenvalue weighted by atomic mass is 16.5. The van der Waals surface area contributed by atoms with E-state index in [2.05, 4.69) is 6.92 Å².